The van der Waals surface area contributed by atoms with Gasteiger partial charge in [-0.15, -0.1) is 0 Å². The van der Waals surface area contributed by atoms with E-state index in [1.165, 1.54) is 10.6 Å². The summed E-state index contributed by atoms with van der Waals surface area (Å²) >= 11 is 0. The van der Waals surface area contributed by atoms with Crippen LogP contribution in [0.3, 0.4) is 0 Å². The number of hydrogen-bond acceptors (Lipinski definition) is 3. The monoisotopic (exact) mass is 450 g/mol. The molecule has 0 radical (unpaired) electrons. The van der Waals surface area contributed by atoms with Gasteiger partial charge in [0.1, 0.15) is 0 Å². The molecule has 1 amide bonds. The quantitative estimate of drug-likeness (QED) is 0.447. The zero-order valence-corrected chi connectivity index (χ0v) is 19.5. The second-order valence-corrected chi connectivity index (χ2v) is 9.91. The highest BCUT2D eigenvalue weighted by atomic mass is 32.2. The Morgan fingerprint density at radius 2 is 1.38 bits per heavy atom. The number of rotatable bonds is 10. The molecule has 0 unspecified atom stereocenters. The van der Waals surface area contributed by atoms with Crippen molar-refractivity contribution in [3.8, 4) is 0 Å². The van der Waals surface area contributed by atoms with Gasteiger partial charge >= 0.3 is 0 Å². The first-order chi connectivity index (χ1) is 15.3. The maximum Gasteiger partial charge on any atom is 0.232 e. The number of sulfonamides is 1. The first-order valence-electron chi connectivity index (χ1n) is 10.7. The fraction of sp³-hybridized carbons (Fsp3) is 0.269. The van der Waals surface area contributed by atoms with Gasteiger partial charge in [-0.2, -0.15) is 0 Å². The Morgan fingerprint density at radius 3 is 1.88 bits per heavy atom. The summed E-state index contributed by atoms with van der Waals surface area (Å²) in [5.41, 5.74) is 3.75. The normalized spacial score (nSPS) is 11.2. The summed E-state index contributed by atoms with van der Waals surface area (Å²) in [6, 6.07) is 27.2. The van der Waals surface area contributed by atoms with Crippen molar-refractivity contribution in [1.82, 2.24) is 4.90 Å². The van der Waals surface area contributed by atoms with Crippen LogP contribution in [0, 0.1) is 6.92 Å². The van der Waals surface area contributed by atoms with E-state index in [2.05, 4.69) is 0 Å². The Balaban J connectivity index is 1.69. The Morgan fingerprint density at radius 1 is 0.812 bits per heavy atom. The van der Waals surface area contributed by atoms with Crippen molar-refractivity contribution in [3.63, 3.8) is 0 Å². The van der Waals surface area contributed by atoms with Gasteiger partial charge in [0, 0.05) is 26.1 Å². The summed E-state index contributed by atoms with van der Waals surface area (Å²) in [4.78, 5) is 15.0. The molecule has 0 fully saturated rings. The highest BCUT2D eigenvalue weighted by Gasteiger charge is 2.19. The largest absolute Gasteiger partial charge is 0.334 e. The lowest BCUT2D eigenvalue weighted by Gasteiger charge is -2.25. The third-order valence-corrected chi connectivity index (χ3v) is 6.42. The van der Waals surface area contributed by atoms with Crippen LogP contribution in [0.2, 0.25) is 0 Å². The third kappa shape index (κ3) is 6.95. The second kappa shape index (κ2) is 11.0. The number of nitrogens with zero attached hydrogens (tertiary/aromatic N) is 2. The highest BCUT2D eigenvalue weighted by molar-refractivity contribution is 7.92. The van der Waals surface area contributed by atoms with Crippen molar-refractivity contribution in [2.75, 3.05) is 17.1 Å². The summed E-state index contributed by atoms with van der Waals surface area (Å²) < 4.78 is 26.1. The average Bonchev–Trinajstić information content (AvgIpc) is 2.76. The van der Waals surface area contributed by atoms with Crippen molar-refractivity contribution < 1.29 is 13.2 Å². The van der Waals surface area contributed by atoms with Gasteiger partial charge in [0.25, 0.3) is 0 Å². The SMILES string of the molecule is Cc1cccc(N(CCCC(=O)N(Cc2ccccc2)Cc2ccccc2)S(C)(=O)=O)c1. The van der Waals surface area contributed by atoms with E-state index in [1.54, 1.807) is 6.07 Å². The van der Waals surface area contributed by atoms with Gasteiger partial charge in [-0.25, -0.2) is 8.42 Å². The van der Waals surface area contributed by atoms with Gasteiger partial charge < -0.3 is 4.90 Å². The van der Waals surface area contributed by atoms with Crippen LogP contribution in [0.1, 0.15) is 29.5 Å². The van der Waals surface area contributed by atoms with Crippen LogP contribution in [0.25, 0.3) is 0 Å². The first kappa shape index (κ1) is 23.5. The predicted molar refractivity (Wildman–Crippen MR) is 130 cm³/mol. The number of carbonyl (C=O) groups is 1. The molecule has 0 saturated heterocycles. The van der Waals surface area contributed by atoms with Crippen LogP contribution in [0.4, 0.5) is 5.69 Å². The average molecular weight is 451 g/mol. The molecule has 32 heavy (non-hydrogen) atoms. The molecule has 0 aliphatic carbocycles. The van der Waals surface area contributed by atoms with Crippen LogP contribution in [-0.2, 0) is 27.9 Å². The van der Waals surface area contributed by atoms with Gasteiger partial charge in [-0.05, 0) is 42.2 Å². The number of amides is 1. The molecule has 0 N–H and O–H groups in total. The number of carbonyl (C=O) groups excluding carboxylic acids is 1. The van der Waals surface area contributed by atoms with Gasteiger partial charge in [-0.3, -0.25) is 9.10 Å². The molecule has 0 heterocycles. The lowest BCUT2D eigenvalue weighted by Crippen LogP contribution is -2.33. The van der Waals surface area contributed by atoms with Gasteiger partial charge in [0.05, 0.1) is 11.9 Å². The molecule has 0 atom stereocenters. The molecular formula is C26H30N2O3S. The van der Waals surface area contributed by atoms with Gasteiger partial charge in [0.2, 0.25) is 15.9 Å². The minimum Gasteiger partial charge on any atom is -0.334 e. The van der Waals surface area contributed by atoms with Gasteiger partial charge in [0.15, 0.2) is 0 Å². The van der Waals surface area contributed by atoms with E-state index >= 15 is 0 Å². The molecule has 3 aromatic carbocycles. The minimum absolute atomic E-state index is 0.00963. The third-order valence-electron chi connectivity index (χ3n) is 5.23. The summed E-state index contributed by atoms with van der Waals surface area (Å²) in [6.45, 7) is 3.22. The molecule has 0 aromatic heterocycles. The summed E-state index contributed by atoms with van der Waals surface area (Å²) in [6.07, 6.45) is 1.92. The van der Waals surface area contributed by atoms with Crippen molar-refractivity contribution in [1.29, 1.82) is 0 Å². The zero-order chi connectivity index (χ0) is 23.0. The molecule has 3 aromatic rings. The number of benzene rings is 3. The van der Waals surface area contributed by atoms with Crippen molar-refractivity contribution in [2.24, 2.45) is 0 Å². The molecule has 5 nitrogen and oxygen atoms in total. The Labute approximate surface area is 191 Å². The van der Waals surface area contributed by atoms with Crippen LogP contribution in [0.15, 0.2) is 84.9 Å². The fourth-order valence-electron chi connectivity index (χ4n) is 3.64. The molecule has 168 valence electrons. The van der Waals surface area contributed by atoms with E-state index in [0.29, 0.717) is 25.2 Å². The summed E-state index contributed by atoms with van der Waals surface area (Å²) in [5, 5.41) is 0. The Hall–Kier alpha value is -3.12. The molecule has 0 aliphatic heterocycles. The predicted octanol–water partition coefficient (Wildman–Crippen LogP) is 4.77. The number of anilines is 1. The van der Waals surface area contributed by atoms with Crippen LogP contribution < -0.4 is 4.31 Å². The van der Waals surface area contributed by atoms with Crippen molar-refractivity contribution >= 4 is 21.6 Å². The van der Waals surface area contributed by atoms with E-state index in [4.69, 9.17) is 0 Å². The van der Waals surface area contributed by atoms with Gasteiger partial charge in [-0.1, -0.05) is 72.8 Å². The molecule has 0 saturated carbocycles. The molecule has 3 rings (SSSR count). The van der Waals surface area contributed by atoms with Crippen LogP contribution >= 0.6 is 0 Å². The topological polar surface area (TPSA) is 57.7 Å². The molecule has 0 spiro atoms. The Kier molecular flexibility index (Phi) is 8.06. The van der Waals surface area contributed by atoms with Crippen molar-refractivity contribution in [3.05, 3.63) is 102 Å². The van der Waals surface area contributed by atoms with Crippen molar-refractivity contribution in [2.45, 2.75) is 32.9 Å². The molecule has 0 bridgehead atoms. The fourth-order valence-corrected chi connectivity index (χ4v) is 4.60. The number of hydrogen-bond donors (Lipinski definition) is 0. The van der Waals surface area contributed by atoms with E-state index in [0.717, 1.165) is 16.7 Å². The first-order valence-corrected chi connectivity index (χ1v) is 12.6. The number of aryl methyl sites for hydroxylation is 1. The van der Waals surface area contributed by atoms with Crippen LogP contribution in [-0.4, -0.2) is 32.0 Å². The van der Waals surface area contributed by atoms with E-state index in [9.17, 15) is 13.2 Å². The summed E-state index contributed by atoms with van der Waals surface area (Å²) in [5.74, 6) is 0.00963. The lowest BCUT2D eigenvalue weighted by molar-refractivity contribution is -0.132. The Bertz CT molecular complexity index is 1070. The van der Waals surface area contributed by atoms with E-state index in [1.807, 2.05) is 90.7 Å². The van der Waals surface area contributed by atoms with Crippen LogP contribution in [0.5, 0.6) is 0 Å². The maximum atomic E-state index is 13.1. The minimum atomic E-state index is -3.44. The lowest BCUT2D eigenvalue weighted by atomic mass is 10.1. The smallest absolute Gasteiger partial charge is 0.232 e. The maximum absolute atomic E-state index is 13.1. The highest BCUT2D eigenvalue weighted by Crippen LogP contribution is 2.20. The summed E-state index contributed by atoms with van der Waals surface area (Å²) in [7, 11) is -3.44. The molecule has 0 aliphatic rings. The molecular weight excluding hydrogens is 420 g/mol. The standard InChI is InChI=1S/C26H30N2O3S/c1-22-11-9-16-25(19-22)28(32(2,30)31)18-10-17-26(29)27(20-23-12-5-3-6-13-23)21-24-14-7-4-8-15-24/h3-9,11-16,19H,10,17-18,20-21H2,1-2H3. The zero-order valence-electron chi connectivity index (χ0n) is 18.6. The second-order valence-electron chi connectivity index (χ2n) is 8.00. The van der Waals surface area contributed by atoms with E-state index < -0.39 is 10.0 Å². The molecule has 6 heteroatoms. The van der Waals surface area contributed by atoms with E-state index in [-0.39, 0.29) is 18.9 Å².